The molecule has 0 fully saturated rings. The van der Waals surface area contributed by atoms with Crippen molar-refractivity contribution in [3.05, 3.63) is 0 Å². The van der Waals surface area contributed by atoms with E-state index in [4.69, 9.17) is 19.6 Å². The lowest BCUT2D eigenvalue weighted by Crippen LogP contribution is -2.72. The van der Waals surface area contributed by atoms with Crippen molar-refractivity contribution in [1.29, 1.82) is 0 Å². The summed E-state index contributed by atoms with van der Waals surface area (Å²) in [4.78, 5) is 34.6. The first-order chi connectivity index (χ1) is 14.3. The van der Waals surface area contributed by atoms with Crippen LogP contribution in [0, 0.1) is 0 Å². The number of halogens is 15. The third-order valence-electron chi connectivity index (χ3n) is 4.11. The van der Waals surface area contributed by atoms with Crippen LogP contribution in [0.2, 0.25) is 0 Å². The third-order valence-corrected chi connectivity index (χ3v) is 6.35. The van der Waals surface area contributed by atoms with Gasteiger partial charge in [-0.3, -0.25) is 9.13 Å². The van der Waals surface area contributed by atoms with Gasteiger partial charge in [0, 0.05) is 6.42 Å². The Hall–Kier alpha value is -0.750. The molecule has 0 saturated heterocycles. The number of rotatable bonds is 11. The summed E-state index contributed by atoms with van der Waals surface area (Å²) in [6.07, 6.45) is -14.8. The summed E-state index contributed by atoms with van der Waals surface area (Å²) in [5.41, 5.74) is -3.43. The topological polar surface area (TPSA) is 115 Å². The Morgan fingerprint density at radius 3 is 1.18 bits per heavy atom. The van der Waals surface area contributed by atoms with E-state index in [1.54, 1.807) is 0 Å². The fourth-order valence-corrected chi connectivity index (χ4v) is 3.91. The normalized spacial score (nSPS) is 17.1. The first-order valence-electron chi connectivity index (χ1n) is 7.74. The minimum Gasteiger partial charge on any atom is -0.324 e. The van der Waals surface area contributed by atoms with Gasteiger partial charge in [0.2, 0.25) is 0 Å². The summed E-state index contributed by atoms with van der Waals surface area (Å²) in [6, 6.07) is 0. The fraction of sp³-hybridized carbons (Fsp3) is 1.00. The van der Waals surface area contributed by atoms with E-state index < -0.39 is 81.6 Å². The van der Waals surface area contributed by atoms with Crippen LogP contribution < -0.4 is 0 Å². The molecule has 0 amide bonds. The van der Waals surface area contributed by atoms with Crippen LogP contribution in [0.25, 0.3) is 0 Å². The highest BCUT2D eigenvalue weighted by molar-refractivity contribution is 7.53. The smallest absolute Gasteiger partial charge is 0.324 e. The molecule has 0 heterocycles. The Morgan fingerprint density at radius 1 is 0.559 bits per heavy atom. The molecule has 6 nitrogen and oxygen atoms in total. The summed E-state index contributed by atoms with van der Waals surface area (Å²) in [5, 5.41) is 0. The molecular formula is C11H11F15O6P2. The zero-order valence-electron chi connectivity index (χ0n) is 15.4. The highest BCUT2D eigenvalue weighted by atomic mass is 31.2. The molecule has 0 aliphatic carbocycles. The van der Waals surface area contributed by atoms with Gasteiger partial charge in [-0.2, -0.15) is 65.9 Å². The van der Waals surface area contributed by atoms with Gasteiger partial charge in [-0.05, 0) is 6.42 Å². The van der Waals surface area contributed by atoms with Gasteiger partial charge >= 0.3 is 56.9 Å². The Morgan fingerprint density at radius 2 is 0.882 bits per heavy atom. The van der Waals surface area contributed by atoms with Crippen molar-refractivity contribution in [3.8, 4) is 0 Å². The molecule has 0 spiro atoms. The van der Waals surface area contributed by atoms with Gasteiger partial charge in [0.25, 0.3) is 0 Å². The van der Waals surface area contributed by atoms with Crippen molar-refractivity contribution < 1.29 is 94.6 Å². The molecule has 0 aromatic carbocycles. The lowest BCUT2D eigenvalue weighted by molar-refractivity contribution is -0.452. The van der Waals surface area contributed by atoms with Crippen molar-refractivity contribution in [2.75, 3.05) is 6.16 Å². The molecule has 0 unspecified atom stereocenters. The second-order valence-corrected chi connectivity index (χ2v) is 10.4. The van der Waals surface area contributed by atoms with Gasteiger partial charge in [-0.25, -0.2) is 0 Å². The number of alkyl halides is 15. The molecule has 4 N–H and O–H groups in total. The average molecular weight is 586 g/mol. The highest BCUT2D eigenvalue weighted by Crippen LogP contribution is 2.63. The molecular weight excluding hydrogens is 575 g/mol. The molecule has 0 bridgehead atoms. The van der Waals surface area contributed by atoms with E-state index in [0.717, 1.165) is 0 Å². The van der Waals surface area contributed by atoms with Gasteiger partial charge in [0.05, 0.1) is 11.8 Å². The van der Waals surface area contributed by atoms with Crippen molar-refractivity contribution in [2.24, 2.45) is 0 Å². The van der Waals surface area contributed by atoms with Crippen LogP contribution in [0.4, 0.5) is 65.9 Å². The minimum absolute atomic E-state index is 1.78. The largest absolute Gasteiger partial charge is 0.460 e. The predicted molar refractivity (Wildman–Crippen MR) is 77.7 cm³/mol. The summed E-state index contributed by atoms with van der Waals surface area (Å²) in [6.45, 7) is 0. The van der Waals surface area contributed by atoms with Gasteiger partial charge in [0.15, 0.2) is 0 Å². The highest BCUT2D eigenvalue weighted by Gasteiger charge is 2.93. The quantitative estimate of drug-likeness (QED) is 0.203. The molecule has 34 heavy (non-hydrogen) atoms. The van der Waals surface area contributed by atoms with Gasteiger partial charge < -0.3 is 19.6 Å². The summed E-state index contributed by atoms with van der Waals surface area (Å²) < 4.78 is 218. The maximum Gasteiger partial charge on any atom is 0.460 e. The lowest BCUT2D eigenvalue weighted by Gasteiger charge is -2.42. The standard InChI is InChI=1S/C11H11F15O6P2/c12-5(13,3-4(34(30,31)32)1-2-33(27,28)29)6(14,15)7(16,17)8(18,19)9(20,21)10(22,23)11(24,25)26/h4H,1-3H2,(H2,27,28,29)(H2,30,31,32)/t4-/m1/s1. The molecule has 23 heteroatoms. The first-order valence-corrected chi connectivity index (χ1v) is 11.2. The Kier molecular flexibility index (Phi) is 8.77. The zero-order valence-corrected chi connectivity index (χ0v) is 17.2. The van der Waals surface area contributed by atoms with Crippen molar-refractivity contribution in [3.63, 3.8) is 0 Å². The van der Waals surface area contributed by atoms with Crippen LogP contribution in [0.5, 0.6) is 0 Å². The van der Waals surface area contributed by atoms with Gasteiger partial charge in [-0.15, -0.1) is 0 Å². The zero-order chi connectivity index (χ0) is 28.2. The van der Waals surface area contributed by atoms with Crippen molar-refractivity contribution in [1.82, 2.24) is 0 Å². The molecule has 0 aromatic heterocycles. The molecule has 0 saturated carbocycles. The van der Waals surface area contributed by atoms with E-state index >= 15 is 0 Å². The van der Waals surface area contributed by atoms with E-state index in [-0.39, 0.29) is 0 Å². The minimum atomic E-state index is -8.56. The second kappa shape index (κ2) is 8.97. The monoisotopic (exact) mass is 586 g/mol. The van der Waals surface area contributed by atoms with Gasteiger partial charge in [-0.1, -0.05) is 0 Å². The molecule has 0 aliphatic rings. The van der Waals surface area contributed by atoms with E-state index in [9.17, 15) is 75.0 Å². The number of hydrogen-bond acceptors (Lipinski definition) is 2. The van der Waals surface area contributed by atoms with Crippen molar-refractivity contribution in [2.45, 2.75) is 60.2 Å². The summed E-state index contributed by atoms with van der Waals surface area (Å²) in [5.74, 6) is -48.6. The van der Waals surface area contributed by atoms with Crippen LogP contribution in [0.1, 0.15) is 12.8 Å². The Balaban J connectivity index is 6.54. The molecule has 206 valence electrons. The first kappa shape index (κ1) is 33.2. The Labute approximate surface area is 177 Å². The summed E-state index contributed by atoms with van der Waals surface area (Å²) >= 11 is 0. The molecule has 0 rings (SSSR count). The van der Waals surface area contributed by atoms with Crippen LogP contribution in [0.3, 0.4) is 0 Å². The van der Waals surface area contributed by atoms with E-state index in [1.807, 2.05) is 0 Å². The number of hydrogen-bond donors (Lipinski definition) is 4. The average Bonchev–Trinajstić information content (AvgIpc) is 2.54. The Bertz CT molecular complexity index is 829. The summed E-state index contributed by atoms with van der Waals surface area (Å²) in [7, 11) is -11.6. The maximum absolute atomic E-state index is 13.8. The predicted octanol–water partition coefficient (Wildman–Crippen LogP) is 4.86. The van der Waals surface area contributed by atoms with Crippen molar-refractivity contribution >= 4 is 15.2 Å². The van der Waals surface area contributed by atoms with Crippen LogP contribution >= 0.6 is 15.2 Å². The van der Waals surface area contributed by atoms with E-state index in [2.05, 4.69) is 0 Å². The van der Waals surface area contributed by atoms with E-state index in [0.29, 0.717) is 0 Å². The molecule has 0 radical (unpaired) electrons. The molecule has 0 aliphatic heterocycles. The van der Waals surface area contributed by atoms with E-state index in [1.165, 1.54) is 0 Å². The molecule has 0 aromatic rings. The maximum atomic E-state index is 13.8. The fourth-order valence-electron chi connectivity index (χ4n) is 2.13. The SMILES string of the molecule is O=P(O)(O)CC[C@H](CC(F)(F)C(F)(F)C(F)(F)C(F)(F)C(F)(F)C(F)(F)C(F)(F)F)P(=O)(O)O. The van der Waals surface area contributed by atoms with Gasteiger partial charge in [0.1, 0.15) is 0 Å². The van der Waals surface area contributed by atoms with Crippen LogP contribution in [-0.2, 0) is 9.13 Å². The van der Waals surface area contributed by atoms with Crippen LogP contribution in [0.15, 0.2) is 0 Å². The lowest BCUT2D eigenvalue weighted by atomic mass is 9.89. The third kappa shape index (κ3) is 5.79. The van der Waals surface area contributed by atoms with Crippen LogP contribution in [-0.4, -0.2) is 73.1 Å². The second-order valence-electron chi connectivity index (χ2n) is 6.70. The molecule has 1 atom stereocenters.